The SMILES string of the molecule is COc1ccc(-n2c(SCc3cc(F)ccc3F)nnc2-c2ccccc2F)cc1. The standard InChI is InChI=1S/C22H16F3N3OS/c1-29-17-9-7-16(8-10-17)28-21(18-4-2-3-5-20(18)25)26-27-22(28)30-13-14-12-15(23)6-11-19(14)24/h2-12H,13H2,1H3. The Balaban J connectivity index is 1.76. The molecule has 0 amide bonds. The summed E-state index contributed by atoms with van der Waals surface area (Å²) in [5.74, 6) is -0.359. The average molecular weight is 427 g/mol. The van der Waals surface area contributed by atoms with Gasteiger partial charge in [-0.2, -0.15) is 0 Å². The Hall–Kier alpha value is -3.26. The van der Waals surface area contributed by atoms with E-state index in [1.165, 1.54) is 17.8 Å². The molecule has 4 rings (SSSR count). The molecule has 0 spiro atoms. The second-order valence-electron chi connectivity index (χ2n) is 6.34. The number of thioether (sulfide) groups is 1. The van der Waals surface area contributed by atoms with Crippen LogP contribution in [-0.2, 0) is 5.75 Å². The molecule has 0 saturated carbocycles. The second-order valence-corrected chi connectivity index (χ2v) is 7.29. The van der Waals surface area contributed by atoms with Crippen molar-refractivity contribution in [1.29, 1.82) is 0 Å². The molecule has 4 aromatic rings. The lowest BCUT2D eigenvalue weighted by molar-refractivity contribution is 0.414. The molecule has 0 saturated heterocycles. The number of hydrogen-bond acceptors (Lipinski definition) is 4. The van der Waals surface area contributed by atoms with Crippen LogP contribution >= 0.6 is 11.8 Å². The highest BCUT2D eigenvalue weighted by atomic mass is 32.2. The molecule has 0 unspecified atom stereocenters. The Labute approximate surface area is 175 Å². The van der Waals surface area contributed by atoms with E-state index >= 15 is 0 Å². The van der Waals surface area contributed by atoms with Crippen LogP contribution in [0.4, 0.5) is 13.2 Å². The van der Waals surface area contributed by atoms with E-state index in [1.54, 1.807) is 54.1 Å². The summed E-state index contributed by atoms with van der Waals surface area (Å²) in [4.78, 5) is 0. The number of hydrogen-bond donors (Lipinski definition) is 0. The van der Waals surface area contributed by atoms with E-state index in [0.29, 0.717) is 22.4 Å². The maximum Gasteiger partial charge on any atom is 0.196 e. The van der Waals surface area contributed by atoms with Crippen LogP contribution in [0, 0.1) is 17.5 Å². The molecule has 0 radical (unpaired) electrons. The Morgan fingerprint density at radius 2 is 1.67 bits per heavy atom. The summed E-state index contributed by atoms with van der Waals surface area (Å²) >= 11 is 1.18. The number of rotatable bonds is 6. The molecule has 3 aromatic carbocycles. The fourth-order valence-corrected chi connectivity index (χ4v) is 3.87. The fourth-order valence-electron chi connectivity index (χ4n) is 2.94. The summed E-state index contributed by atoms with van der Waals surface area (Å²) in [5, 5.41) is 8.77. The van der Waals surface area contributed by atoms with Gasteiger partial charge in [0.2, 0.25) is 0 Å². The minimum Gasteiger partial charge on any atom is -0.497 e. The van der Waals surface area contributed by atoms with Crippen LogP contribution in [0.3, 0.4) is 0 Å². The maximum absolute atomic E-state index is 14.4. The molecule has 152 valence electrons. The van der Waals surface area contributed by atoms with Crippen molar-refractivity contribution in [3.8, 4) is 22.8 Å². The summed E-state index contributed by atoms with van der Waals surface area (Å²) < 4.78 is 48.8. The number of ether oxygens (including phenoxy) is 1. The molecular weight excluding hydrogens is 411 g/mol. The van der Waals surface area contributed by atoms with Gasteiger partial charge in [0.05, 0.1) is 18.4 Å². The molecule has 4 nitrogen and oxygen atoms in total. The molecule has 0 fully saturated rings. The molecule has 0 atom stereocenters. The van der Waals surface area contributed by atoms with Crippen LogP contribution in [0.2, 0.25) is 0 Å². The van der Waals surface area contributed by atoms with Gasteiger partial charge in [0.15, 0.2) is 11.0 Å². The largest absolute Gasteiger partial charge is 0.497 e. The average Bonchev–Trinajstić information content (AvgIpc) is 3.18. The Morgan fingerprint density at radius 3 is 2.40 bits per heavy atom. The molecule has 0 N–H and O–H groups in total. The van der Waals surface area contributed by atoms with Gasteiger partial charge < -0.3 is 4.74 Å². The highest BCUT2D eigenvalue weighted by Gasteiger charge is 2.19. The minimum atomic E-state index is -0.518. The summed E-state index contributed by atoms with van der Waals surface area (Å²) in [6.45, 7) is 0. The zero-order valence-electron chi connectivity index (χ0n) is 15.8. The van der Waals surface area contributed by atoms with Gasteiger partial charge in [-0.3, -0.25) is 4.57 Å². The van der Waals surface area contributed by atoms with Crippen molar-refractivity contribution in [2.75, 3.05) is 7.11 Å². The van der Waals surface area contributed by atoms with Crippen LogP contribution in [0.15, 0.2) is 71.9 Å². The highest BCUT2D eigenvalue weighted by Crippen LogP contribution is 2.32. The third-order valence-corrected chi connectivity index (χ3v) is 5.42. The van der Waals surface area contributed by atoms with Gasteiger partial charge in [0.25, 0.3) is 0 Å². The summed E-state index contributed by atoms with van der Waals surface area (Å²) in [6.07, 6.45) is 0. The first-order valence-electron chi connectivity index (χ1n) is 8.98. The van der Waals surface area contributed by atoms with Gasteiger partial charge in [0, 0.05) is 11.3 Å². The lowest BCUT2D eigenvalue weighted by Gasteiger charge is -2.12. The molecule has 0 aliphatic rings. The van der Waals surface area contributed by atoms with Gasteiger partial charge >= 0.3 is 0 Å². The highest BCUT2D eigenvalue weighted by molar-refractivity contribution is 7.98. The number of aromatic nitrogens is 3. The number of halogens is 3. The smallest absolute Gasteiger partial charge is 0.196 e. The Bertz CT molecular complexity index is 1180. The second kappa shape index (κ2) is 8.62. The van der Waals surface area contributed by atoms with Crippen LogP contribution < -0.4 is 4.74 Å². The normalized spacial score (nSPS) is 10.9. The van der Waals surface area contributed by atoms with Crippen molar-refractivity contribution in [1.82, 2.24) is 14.8 Å². The predicted molar refractivity (Wildman–Crippen MR) is 109 cm³/mol. The monoisotopic (exact) mass is 427 g/mol. The molecule has 0 aliphatic carbocycles. The van der Waals surface area contributed by atoms with Gasteiger partial charge in [-0.1, -0.05) is 23.9 Å². The Morgan fingerprint density at radius 1 is 0.900 bits per heavy atom. The van der Waals surface area contributed by atoms with E-state index in [2.05, 4.69) is 10.2 Å². The first-order chi connectivity index (χ1) is 14.6. The van der Waals surface area contributed by atoms with E-state index < -0.39 is 17.5 Å². The van der Waals surface area contributed by atoms with E-state index in [1.807, 2.05) is 0 Å². The molecule has 1 heterocycles. The van der Waals surface area contributed by atoms with Crippen molar-refractivity contribution >= 4 is 11.8 Å². The van der Waals surface area contributed by atoms with E-state index in [9.17, 15) is 13.2 Å². The molecular formula is C22H16F3N3OS. The lowest BCUT2D eigenvalue weighted by Crippen LogP contribution is -2.01. The van der Waals surface area contributed by atoms with Gasteiger partial charge in [0.1, 0.15) is 23.2 Å². The first kappa shape index (κ1) is 20.0. The molecule has 0 aliphatic heterocycles. The Kier molecular flexibility index (Phi) is 5.76. The zero-order chi connectivity index (χ0) is 21.1. The van der Waals surface area contributed by atoms with Crippen molar-refractivity contribution < 1.29 is 17.9 Å². The molecule has 30 heavy (non-hydrogen) atoms. The fraction of sp³-hybridized carbons (Fsp3) is 0.0909. The van der Waals surface area contributed by atoms with E-state index in [-0.39, 0.29) is 16.9 Å². The van der Waals surface area contributed by atoms with Gasteiger partial charge in [-0.05, 0) is 54.6 Å². The minimum absolute atomic E-state index is 0.134. The molecule has 1 aromatic heterocycles. The third-order valence-electron chi connectivity index (χ3n) is 4.44. The van der Waals surface area contributed by atoms with Crippen molar-refractivity contribution in [2.24, 2.45) is 0 Å². The number of benzene rings is 3. The van der Waals surface area contributed by atoms with E-state index in [0.717, 1.165) is 18.2 Å². The van der Waals surface area contributed by atoms with Crippen molar-refractivity contribution in [2.45, 2.75) is 10.9 Å². The van der Waals surface area contributed by atoms with Gasteiger partial charge in [-0.15, -0.1) is 10.2 Å². The zero-order valence-corrected chi connectivity index (χ0v) is 16.7. The quantitative estimate of drug-likeness (QED) is 0.373. The van der Waals surface area contributed by atoms with Crippen LogP contribution in [0.25, 0.3) is 17.1 Å². The lowest BCUT2D eigenvalue weighted by atomic mass is 10.2. The first-order valence-corrected chi connectivity index (χ1v) is 9.97. The predicted octanol–water partition coefficient (Wildman–Crippen LogP) is 5.65. The van der Waals surface area contributed by atoms with Crippen molar-refractivity contribution in [3.63, 3.8) is 0 Å². The topological polar surface area (TPSA) is 39.9 Å². The van der Waals surface area contributed by atoms with Crippen LogP contribution in [0.5, 0.6) is 5.75 Å². The number of methoxy groups -OCH3 is 1. The van der Waals surface area contributed by atoms with Gasteiger partial charge in [-0.25, -0.2) is 13.2 Å². The maximum atomic E-state index is 14.4. The summed E-state index contributed by atoms with van der Waals surface area (Å²) in [5.41, 5.74) is 1.17. The number of nitrogens with zero attached hydrogens (tertiary/aromatic N) is 3. The summed E-state index contributed by atoms with van der Waals surface area (Å²) in [6, 6.07) is 16.7. The molecule has 0 bridgehead atoms. The van der Waals surface area contributed by atoms with E-state index in [4.69, 9.17) is 4.74 Å². The summed E-state index contributed by atoms with van der Waals surface area (Å²) in [7, 11) is 1.56. The van der Waals surface area contributed by atoms with Crippen LogP contribution in [0.1, 0.15) is 5.56 Å². The van der Waals surface area contributed by atoms with Crippen LogP contribution in [-0.4, -0.2) is 21.9 Å². The third kappa shape index (κ3) is 4.04. The molecule has 8 heteroatoms. The van der Waals surface area contributed by atoms with Crippen molar-refractivity contribution in [3.05, 3.63) is 89.7 Å².